The van der Waals surface area contributed by atoms with Gasteiger partial charge in [0.25, 0.3) is 11.6 Å². The minimum atomic E-state index is -0.739. The number of morpholine rings is 1. The maximum absolute atomic E-state index is 12.2. The molecule has 0 radical (unpaired) electrons. The molecule has 0 bridgehead atoms. The van der Waals surface area contributed by atoms with Crippen LogP contribution in [0.25, 0.3) is 0 Å². The van der Waals surface area contributed by atoms with Gasteiger partial charge in [-0.05, 0) is 31.4 Å². The van der Waals surface area contributed by atoms with Crippen LogP contribution in [0, 0.1) is 10.1 Å². The highest BCUT2D eigenvalue weighted by Gasteiger charge is 2.24. The summed E-state index contributed by atoms with van der Waals surface area (Å²) in [6.07, 6.45) is 3.01. The Morgan fingerprint density at radius 2 is 1.81 bits per heavy atom. The molecular weight excluding hydrogens is 354 g/mol. The van der Waals surface area contributed by atoms with E-state index in [2.05, 4.69) is 0 Å². The van der Waals surface area contributed by atoms with E-state index in [1.54, 1.807) is 11.0 Å². The number of anilines is 1. The van der Waals surface area contributed by atoms with E-state index in [0.717, 1.165) is 19.3 Å². The van der Waals surface area contributed by atoms with E-state index in [4.69, 9.17) is 9.47 Å². The van der Waals surface area contributed by atoms with Crippen molar-refractivity contribution in [2.24, 2.45) is 0 Å². The smallest absolute Gasteiger partial charge is 0.338 e. The molecule has 0 N–H and O–H groups in total. The zero-order chi connectivity index (χ0) is 19.2. The van der Waals surface area contributed by atoms with Crippen LogP contribution in [0.3, 0.4) is 0 Å². The van der Waals surface area contributed by atoms with Gasteiger partial charge < -0.3 is 19.3 Å². The number of nitro benzene ring substituents is 1. The summed E-state index contributed by atoms with van der Waals surface area (Å²) in [7, 11) is 0. The number of nitrogens with zero attached hydrogens (tertiary/aromatic N) is 3. The van der Waals surface area contributed by atoms with Gasteiger partial charge in [0.05, 0.1) is 23.7 Å². The summed E-state index contributed by atoms with van der Waals surface area (Å²) in [6, 6.07) is 4.25. The Bertz CT molecular complexity index is 711. The SMILES string of the molecule is O=C(OCC(=O)N1CCCCC1)c1ccc(N2CCOCC2)c([N+](=O)[O-])c1. The quantitative estimate of drug-likeness (QED) is 0.436. The number of benzene rings is 1. The molecule has 0 aliphatic carbocycles. The highest BCUT2D eigenvalue weighted by Crippen LogP contribution is 2.30. The molecule has 1 aromatic carbocycles. The third kappa shape index (κ3) is 4.73. The Morgan fingerprint density at radius 3 is 2.48 bits per heavy atom. The van der Waals surface area contributed by atoms with Crippen molar-refractivity contribution in [3.05, 3.63) is 33.9 Å². The van der Waals surface area contributed by atoms with Crippen molar-refractivity contribution in [3.63, 3.8) is 0 Å². The van der Waals surface area contributed by atoms with Crippen molar-refractivity contribution in [3.8, 4) is 0 Å². The molecule has 146 valence electrons. The summed E-state index contributed by atoms with van der Waals surface area (Å²) in [5, 5.41) is 11.4. The first kappa shape index (κ1) is 19.1. The standard InChI is InChI=1S/C18H23N3O6/c22-17(20-6-2-1-3-7-20)13-27-18(23)14-4-5-15(16(12-14)21(24)25)19-8-10-26-11-9-19/h4-5,12H,1-3,6-11,13H2. The van der Waals surface area contributed by atoms with Crippen LogP contribution in [0.2, 0.25) is 0 Å². The summed E-state index contributed by atoms with van der Waals surface area (Å²) >= 11 is 0. The minimum absolute atomic E-state index is 0.0603. The third-order valence-corrected chi connectivity index (χ3v) is 4.80. The van der Waals surface area contributed by atoms with Crippen LogP contribution in [0.5, 0.6) is 0 Å². The lowest BCUT2D eigenvalue weighted by Gasteiger charge is -2.28. The van der Waals surface area contributed by atoms with E-state index < -0.39 is 10.9 Å². The lowest BCUT2D eigenvalue weighted by molar-refractivity contribution is -0.384. The Labute approximate surface area is 157 Å². The van der Waals surface area contributed by atoms with Gasteiger partial charge in [0, 0.05) is 32.2 Å². The number of esters is 1. The zero-order valence-corrected chi connectivity index (χ0v) is 15.1. The predicted molar refractivity (Wildman–Crippen MR) is 96.8 cm³/mol. The fraction of sp³-hybridized carbons (Fsp3) is 0.556. The number of ether oxygens (including phenoxy) is 2. The maximum atomic E-state index is 12.2. The van der Waals surface area contributed by atoms with Gasteiger partial charge in [0.1, 0.15) is 5.69 Å². The molecule has 9 nitrogen and oxygen atoms in total. The lowest BCUT2D eigenvalue weighted by atomic mass is 10.1. The van der Waals surface area contributed by atoms with Gasteiger partial charge in [0.2, 0.25) is 0 Å². The molecule has 1 amide bonds. The third-order valence-electron chi connectivity index (χ3n) is 4.80. The molecule has 3 rings (SSSR count). The number of nitro groups is 1. The van der Waals surface area contributed by atoms with Crippen LogP contribution in [-0.4, -0.2) is 67.7 Å². The average molecular weight is 377 g/mol. The van der Waals surface area contributed by atoms with Crippen LogP contribution in [-0.2, 0) is 14.3 Å². The number of carbonyl (C=O) groups excluding carboxylic acids is 2. The summed E-state index contributed by atoms with van der Waals surface area (Å²) in [4.78, 5) is 38.8. The van der Waals surface area contributed by atoms with Crippen molar-refractivity contribution in [2.75, 3.05) is 50.9 Å². The molecule has 2 aliphatic heterocycles. The number of hydrogen-bond acceptors (Lipinski definition) is 7. The molecule has 0 saturated carbocycles. The van der Waals surface area contributed by atoms with Crippen molar-refractivity contribution in [1.82, 2.24) is 4.90 Å². The molecule has 2 heterocycles. The van der Waals surface area contributed by atoms with Crippen LogP contribution in [0.4, 0.5) is 11.4 Å². The highest BCUT2D eigenvalue weighted by atomic mass is 16.6. The maximum Gasteiger partial charge on any atom is 0.338 e. The average Bonchev–Trinajstić information content (AvgIpc) is 2.72. The molecular formula is C18H23N3O6. The van der Waals surface area contributed by atoms with E-state index in [0.29, 0.717) is 45.1 Å². The second-order valence-corrected chi connectivity index (χ2v) is 6.58. The molecule has 0 aromatic heterocycles. The van der Waals surface area contributed by atoms with Crippen LogP contribution in [0.1, 0.15) is 29.6 Å². The van der Waals surface area contributed by atoms with Crippen LogP contribution >= 0.6 is 0 Å². The van der Waals surface area contributed by atoms with Crippen molar-refractivity contribution in [2.45, 2.75) is 19.3 Å². The van der Waals surface area contributed by atoms with Gasteiger partial charge in [0.15, 0.2) is 6.61 Å². The molecule has 0 atom stereocenters. The van der Waals surface area contributed by atoms with Crippen molar-refractivity contribution < 1.29 is 24.0 Å². The topological polar surface area (TPSA) is 102 Å². The number of carbonyl (C=O) groups is 2. The van der Waals surface area contributed by atoms with E-state index >= 15 is 0 Å². The van der Waals surface area contributed by atoms with Gasteiger partial charge in [-0.2, -0.15) is 0 Å². The summed E-state index contributed by atoms with van der Waals surface area (Å²) in [5.41, 5.74) is 0.350. The van der Waals surface area contributed by atoms with Gasteiger partial charge in [-0.1, -0.05) is 0 Å². The second kappa shape index (κ2) is 8.81. The molecule has 2 fully saturated rings. The van der Waals surface area contributed by atoms with Gasteiger partial charge >= 0.3 is 5.97 Å². The molecule has 2 saturated heterocycles. The van der Waals surface area contributed by atoms with E-state index in [9.17, 15) is 19.7 Å². The Hall–Kier alpha value is -2.68. The molecule has 9 heteroatoms. The van der Waals surface area contributed by atoms with Gasteiger partial charge in [-0.25, -0.2) is 4.79 Å². The number of amides is 1. The highest BCUT2D eigenvalue weighted by molar-refractivity contribution is 5.93. The molecule has 1 aromatic rings. The number of rotatable bonds is 5. The van der Waals surface area contributed by atoms with E-state index in [1.807, 2.05) is 4.90 Å². The molecule has 0 spiro atoms. The number of piperidine rings is 1. The first-order chi connectivity index (χ1) is 13.1. The van der Waals surface area contributed by atoms with E-state index in [1.165, 1.54) is 12.1 Å². The predicted octanol–water partition coefficient (Wildman–Crippen LogP) is 1.60. The Kier molecular flexibility index (Phi) is 6.23. The zero-order valence-electron chi connectivity index (χ0n) is 15.1. The molecule has 2 aliphatic rings. The monoisotopic (exact) mass is 377 g/mol. The van der Waals surface area contributed by atoms with Gasteiger partial charge in [-0.3, -0.25) is 14.9 Å². The lowest BCUT2D eigenvalue weighted by Crippen LogP contribution is -2.38. The van der Waals surface area contributed by atoms with Gasteiger partial charge in [-0.15, -0.1) is 0 Å². The summed E-state index contributed by atoms with van der Waals surface area (Å²) < 4.78 is 10.3. The largest absolute Gasteiger partial charge is 0.452 e. The second-order valence-electron chi connectivity index (χ2n) is 6.58. The normalized spacial score (nSPS) is 17.5. The van der Waals surface area contributed by atoms with E-state index in [-0.39, 0.29) is 23.8 Å². The summed E-state index contributed by atoms with van der Waals surface area (Å²) in [6.45, 7) is 3.10. The fourth-order valence-electron chi connectivity index (χ4n) is 3.31. The van der Waals surface area contributed by atoms with Crippen molar-refractivity contribution >= 4 is 23.3 Å². The number of likely N-dealkylation sites (tertiary alicyclic amines) is 1. The van der Waals surface area contributed by atoms with Crippen LogP contribution in [0.15, 0.2) is 18.2 Å². The molecule has 0 unspecified atom stereocenters. The molecule has 27 heavy (non-hydrogen) atoms. The Morgan fingerprint density at radius 1 is 1.11 bits per heavy atom. The minimum Gasteiger partial charge on any atom is -0.452 e. The summed E-state index contributed by atoms with van der Waals surface area (Å²) in [5.74, 6) is -0.973. The van der Waals surface area contributed by atoms with Crippen LogP contribution < -0.4 is 4.90 Å². The Balaban J connectivity index is 1.66. The fourth-order valence-corrected chi connectivity index (χ4v) is 3.31. The van der Waals surface area contributed by atoms with Crippen molar-refractivity contribution in [1.29, 1.82) is 0 Å². The number of hydrogen-bond donors (Lipinski definition) is 0. The first-order valence-corrected chi connectivity index (χ1v) is 9.12. The first-order valence-electron chi connectivity index (χ1n) is 9.12.